The molecule has 0 unspecified atom stereocenters. The Morgan fingerprint density at radius 3 is 2.18 bits per heavy atom. The molecule has 0 aliphatic carbocycles. The van der Waals surface area contributed by atoms with Crippen molar-refractivity contribution in [2.24, 2.45) is 5.10 Å². The number of hydrazone groups is 1. The molecule has 0 aliphatic heterocycles. The number of benzene rings is 3. The van der Waals surface area contributed by atoms with Gasteiger partial charge in [-0.15, -0.1) is 0 Å². The van der Waals surface area contributed by atoms with Crippen LogP contribution in [0.15, 0.2) is 96.1 Å². The first-order chi connectivity index (χ1) is 16.1. The molecule has 0 bridgehead atoms. The molecule has 0 fully saturated rings. The molecule has 0 atom stereocenters. The molecule has 4 aromatic rings. The zero-order chi connectivity index (χ0) is 23.2. The monoisotopic (exact) mass is 437 g/mol. The van der Waals surface area contributed by atoms with Crippen LogP contribution in [0.5, 0.6) is 0 Å². The molecular formula is C27H23N3O3. The molecule has 1 aromatic heterocycles. The maximum atomic E-state index is 12.5. The Labute approximate surface area is 192 Å². The number of nitrogens with zero attached hydrogens (tertiary/aromatic N) is 2. The number of amides is 1. The van der Waals surface area contributed by atoms with E-state index >= 15 is 0 Å². The van der Waals surface area contributed by atoms with Crippen LogP contribution in [-0.4, -0.2) is 29.8 Å². The molecule has 6 nitrogen and oxygen atoms in total. The highest BCUT2D eigenvalue weighted by Gasteiger charge is 2.11. The van der Waals surface area contributed by atoms with E-state index in [1.54, 1.807) is 36.4 Å². The number of esters is 1. The van der Waals surface area contributed by atoms with Gasteiger partial charge in [-0.25, -0.2) is 10.2 Å². The first kappa shape index (κ1) is 21.8. The lowest BCUT2D eigenvalue weighted by molar-refractivity contribution is 0.0600. The Hall–Kier alpha value is -4.45. The lowest BCUT2D eigenvalue weighted by Crippen LogP contribution is -2.17. The van der Waals surface area contributed by atoms with E-state index in [1.165, 1.54) is 13.3 Å². The molecular weight excluding hydrogens is 414 g/mol. The van der Waals surface area contributed by atoms with Gasteiger partial charge in [0.2, 0.25) is 0 Å². The highest BCUT2D eigenvalue weighted by atomic mass is 16.5. The average molecular weight is 437 g/mol. The summed E-state index contributed by atoms with van der Waals surface area (Å²) in [4.78, 5) is 24.0. The van der Waals surface area contributed by atoms with Crippen molar-refractivity contribution in [2.45, 2.75) is 6.92 Å². The van der Waals surface area contributed by atoms with E-state index in [4.69, 9.17) is 0 Å². The van der Waals surface area contributed by atoms with Crippen LogP contribution in [0.1, 0.15) is 32.0 Å². The summed E-state index contributed by atoms with van der Waals surface area (Å²) in [6.07, 6.45) is 1.52. The molecule has 0 spiro atoms. The van der Waals surface area contributed by atoms with Gasteiger partial charge in [0.1, 0.15) is 0 Å². The van der Waals surface area contributed by atoms with E-state index in [0.717, 1.165) is 28.2 Å². The predicted octanol–water partition coefficient (Wildman–Crippen LogP) is 5.00. The Balaban J connectivity index is 1.45. The maximum Gasteiger partial charge on any atom is 0.337 e. The van der Waals surface area contributed by atoms with Crippen LogP contribution in [0.3, 0.4) is 0 Å². The van der Waals surface area contributed by atoms with Crippen LogP contribution >= 0.6 is 0 Å². The third-order valence-corrected chi connectivity index (χ3v) is 5.24. The minimum absolute atomic E-state index is 0.309. The third kappa shape index (κ3) is 4.91. The van der Waals surface area contributed by atoms with E-state index in [0.29, 0.717) is 11.1 Å². The van der Waals surface area contributed by atoms with Gasteiger partial charge in [-0.2, -0.15) is 5.10 Å². The van der Waals surface area contributed by atoms with E-state index in [1.807, 2.05) is 30.3 Å². The summed E-state index contributed by atoms with van der Waals surface area (Å²) in [7, 11) is 1.33. The molecule has 164 valence electrons. The van der Waals surface area contributed by atoms with Crippen molar-refractivity contribution in [3.63, 3.8) is 0 Å². The second kappa shape index (κ2) is 9.78. The topological polar surface area (TPSA) is 72.7 Å². The van der Waals surface area contributed by atoms with Gasteiger partial charge >= 0.3 is 5.97 Å². The van der Waals surface area contributed by atoms with Crippen LogP contribution in [-0.2, 0) is 4.74 Å². The molecule has 33 heavy (non-hydrogen) atoms. The normalized spacial score (nSPS) is 10.8. The van der Waals surface area contributed by atoms with Gasteiger partial charge < -0.3 is 9.30 Å². The van der Waals surface area contributed by atoms with Crippen LogP contribution < -0.4 is 5.43 Å². The molecule has 6 heteroatoms. The molecule has 0 saturated heterocycles. The highest BCUT2D eigenvalue weighted by molar-refractivity contribution is 5.95. The second-order valence-corrected chi connectivity index (χ2v) is 7.42. The zero-order valence-electron chi connectivity index (χ0n) is 18.4. The van der Waals surface area contributed by atoms with Crippen LogP contribution in [0.2, 0.25) is 0 Å². The summed E-state index contributed by atoms with van der Waals surface area (Å²) in [6.45, 7) is 2.06. The predicted molar refractivity (Wildman–Crippen MR) is 129 cm³/mol. The van der Waals surface area contributed by atoms with Crippen molar-refractivity contribution in [1.82, 2.24) is 9.99 Å². The number of hydrogen-bond donors (Lipinski definition) is 1. The van der Waals surface area contributed by atoms with Crippen LogP contribution in [0.4, 0.5) is 0 Å². The number of nitrogens with one attached hydrogen (secondary N) is 1. The van der Waals surface area contributed by atoms with E-state index in [9.17, 15) is 9.59 Å². The molecule has 1 heterocycles. The first-order valence-corrected chi connectivity index (χ1v) is 10.4. The van der Waals surface area contributed by atoms with Gasteiger partial charge in [0.05, 0.1) is 24.6 Å². The van der Waals surface area contributed by atoms with Crippen LogP contribution in [0, 0.1) is 6.92 Å². The standard InChI is InChI=1S/C27H23N3O3/c1-19-8-17-25(21-6-4-3-5-7-21)30(19)24-15-13-22(14-16-24)26(31)29-28-18-20-9-11-23(12-10-20)27(32)33-2/h3-18H,1-2H3,(H,29,31)/b28-18+. The van der Waals surface area contributed by atoms with Gasteiger partial charge in [0.25, 0.3) is 5.91 Å². The number of hydrogen-bond acceptors (Lipinski definition) is 4. The summed E-state index contributed by atoms with van der Waals surface area (Å²) >= 11 is 0. The molecule has 4 rings (SSSR count). The molecule has 1 amide bonds. The molecule has 0 radical (unpaired) electrons. The van der Waals surface area contributed by atoms with Crippen molar-refractivity contribution >= 4 is 18.1 Å². The minimum atomic E-state index is -0.402. The average Bonchev–Trinajstić information content (AvgIpc) is 3.25. The number of carbonyl (C=O) groups excluding carboxylic acids is 2. The molecule has 3 aromatic carbocycles. The van der Waals surface area contributed by atoms with Gasteiger partial charge in [-0.05, 0) is 66.6 Å². The fourth-order valence-corrected chi connectivity index (χ4v) is 3.53. The number of ether oxygens (including phenoxy) is 1. The van der Waals surface area contributed by atoms with Crippen molar-refractivity contribution in [2.75, 3.05) is 7.11 Å². The van der Waals surface area contributed by atoms with E-state index in [-0.39, 0.29) is 5.91 Å². The number of methoxy groups -OCH3 is 1. The molecule has 0 saturated carbocycles. The Kier molecular flexibility index (Phi) is 6.45. The highest BCUT2D eigenvalue weighted by Crippen LogP contribution is 2.26. The minimum Gasteiger partial charge on any atom is -0.465 e. The smallest absolute Gasteiger partial charge is 0.337 e. The first-order valence-electron chi connectivity index (χ1n) is 10.4. The van der Waals surface area contributed by atoms with Gasteiger partial charge in [0, 0.05) is 16.9 Å². The van der Waals surface area contributed by atoms with E-state index in [2.05, 4.69) is 51.0 Å². The van der Waals surface area contributed by atoms with Crippen molar-refractivity contribution in [3.05, 3.63) is 113 Å². The Morgan fingerprint density at radius 2 is 1.52 bits per heavy atom. The summed E-state index contributed by atoms with van der Waals surface area (Å²) in [6, 6.07) is 28.5. The lowest BCUT2D eigenvalue weighted by Gasteiger charge is -2.12. The second-order valence-electron chi connectivity index (χ2n) is 7.42. The van der Waals surface area contributed by atoms with E-state index < -0.39 is 5.97 Å². The van der Waals surface area contributed by atoms with Crippen LogP contribution in [0.25, 0.3) is 16.9 Å². The lowest BCUT2D eigenvalue weighted by atomic mass is 10.1. The number of aryl methyl sites for hydroxylation is 1. The van der Waals surface area contributed by atoms with Crippen molar-refractivity contribution in [1.29, 1.82) is 0 Å². The van der Waals surface area contributed by atoms with Crippen molar-refractivity contribution in [3.8, 4) is 16.9 Å². The quantitative estimate of drug-likeness (QED) is 0.262. The molecule has 0 aliphatic rings. The zero-order valence-corrected chi connectivity index (χ0v) is 18.4. The number of aromatic nitrogens is 1. The Bertz CT molecular complexity index is 1290. The molecule has 1 N–H and O–H groups in total. The fourth-order valence-electron chi connectivity index (χ4n) is 3.53. The largest absolute Gasteiger partial charge is 0.465 e. The van der Waals surface area contributed by atoms with Gasteiger partial charge in [-0.1, -0.05) is 42.5 Å². The van der Waals surface area contributed by atoms with Gasteiger partial charge in [-0.3, -0.25) is 4.79 Å². The maximum absolute atomic E-state index is 12.5. The van der Waals surface area contributed by atoms with Gasteiger partial charge in [0.15, 0.2) is 0 Å². The SMILES string of the molecule is COC(=O)c1ccc(/C=N/NC(=O)c2ccc(-n3c(C)ccc3-c3ccccc3)cc2)cc1. The summed E-state index contributed by atoms with van der Waals surface area (Å²) in [5, 5.41) is 4.01. The number of carbonyl (C=O) groups is 2. The van der Waals surface area contributed by atoms with Crippen molar-refractivity contribution < 1.29 is 14.3 Å². The summed E-state index contributed by atoms with van der Waals surface area (Å²) in [5.74, 6) is -0.710. The summed E-state index contributed by atoms with van der Waals surface area (Å²) < 4.78 is 6.83. The Morgan fingerprint density at radius 1 is 0.848 bits per heavy atom. The summed E-state index contributed by atoms with van der Waals surface area (Å²) in [5.41, 5.74) is 8.53. The third-order valence-electron chi connectivity index (χ3n) is 5.24. The fraction of sp³-hybridized carbons (Fsp3) is 0.0741. The number of rotatable bonds is 6.